The van der Waals surface area contributed by atoms with E-state index in [2.05, 4.69) is 22.6 Å². The van der Waals surface area contributed by atoms with Crippen molar-refractivity contribution in [3.05, 3.63) is 53.1 Å². The number of carbonyl (C=O) groups excluding carboxylic acids is 1. The van der Waals surface area contributed by atoms with Crippen LogP contribution in [-0.2, 0) is 38.7 Å². The molecule has 0 bridgehead atoms. The van der Waals surface area contributed by atoms with Crippen LogP contribution >= 0.6 is 11.3 Å². The van der Waals surface area contributed by atoms with Crippen molar-refractivity contribution < 1.29 is 46.3 Å². The number of hydrogen-bond donors (Lipinski definition) is 1. The number of aryl methyl sites for hydroxylation is 1. The van der Waals surface area contributed by atoms with Crippen molar-refractivity contribution in [1.29, 1.82) is 0 Å². The molecule has 0 unspecified atom stereocenters. The SMILES string of the molecule is O.O.[CH-]=C[C@H]([CH2-])NC(=O)c1ccc(-c2csc3c2CCC3)nc1OC.[Sc]. The maximum atomic E-state index is 12.2. The summed E-state index contributed by atoms with van der Waals surface area (Å²) in [6.07, 6.45) is 4.77. The van der Waals surface area contributed by atoms with Crippen molar-refractivity contribution in [1.82, 2.24) is 10.3 Å². The van der Waals surface area contributed by atoms with Crippen molar-refractivity contribution in [3.63, 3.8) is 0 Å². The van der Waals surface area contributed by atoms with E-state index in [1.165, 1.54) is 30.0 Å². The van der Waals surface area contributed by atoms with Crippen LogP contribution in [0.5, 0.6) is 5.88 Å². The minimum atomic E-state index is -0.466. The van der Waals surface area contributed by atoms with Gasteiger partial charge in [0.05, 0.1) is 12.8 Å². The summed E-state index contributed by atoms with van der Waals surface area (Å²) in [6.45, 7) is 9.06. The van der Waals surface area contributed by atoms with Gasteiger partial charge in [-0.05, 0) is 37.0 Å². The fourth-order valence-electron chi connectivity index (χ4n) is 2.76. The van der Waals surface area contributed by atoms with Gasteiger partial charge in [0.25, 0.3) is 5.91 Å². The number of rotatable bonds is 5. The van der Waals surface area contributed by atoms with Gasteiger partial charge in [-0.25, -0.2) is 4.98 Å². The van der Waals surface area contributed by atoms with Crippen LogP contribution in [0.1, 0.15) is 27.2 Å². The van der Waals surface area contributed by atoms with Gasteiger partial charge in [0.2, 0.25) is 5.88 Å². The number of fused-ring (bicyclic) bond motifs is 1. The average molecular weight is 407 g/mol. The molecule has 2 aromatic heterocycles. The van der Waals surface area contributed by atoms with Gasteiger partial charge in [-0.1, -0.05) is 0 Å². The number of nitrogens with one attached hydrogen (secondary N) is 1. The van der Waals surface area contributed by atoms with Gasteiger partial charge < -0.3 is 34.5 Å². The third-order valence-electron chi connectivity index (χ3n) is 3.93. The van der Waals surface area contributed by atoms with E-state index < -0.39 is 6.04 Å². The Labute approximate surface area is 176 Å². The smallest absolute Gasteiger partial charge is 0.254 e. The summed E-state index contributed by atoms with van der Waals surface area (Å²) in [7, 11) is 1.51. The Morgan fingerprint density at radius 1 is 1.42 bits per heavy atom. The fraction of sp³-hybridized carbons (Fsp3) is 0.278. The third-order valence-corrected chi connectivity index (χ3v) is 5.02. The zero-order valence-corrected chi connectivity index (χ0v) is 17.2. The molecular formula is C18H22N2O4SSc-2. The molecule has 2 heterocycles. The summed E-state index contributed by atoms with van der Waals surface area (Å²) < 4.78 is 5.31. The standard InChI is InChI=1S/C18H18N2O2S.2H2O.Sc/c1-4-11(2)19-17(21)13-8-9-15(20-18(13)22-3)14-10-23-16-7-5-6-12(14)16;;;/h1,4,8-11H,2,5-7H2,3H3,(H,19,21);2*1H2;/q-2;;;/t11-;;;/m0.../s1. The minimum absolute atomic E-state index is 0. The number of carbonyl (C=O) groups is 1. The van der Waals surface area contributed by atoms with E-state index >= 15 is 0 Å². The quantitative estimate of drug-likeness (QED) is 0.759. The van der Waals surface area contributed by atoms with Crippen LogP contribution in [0.25, 0.3) is 11.3 Å². The van der Waals surface area contributed by atoms with Crippen molar-refractivity contribution >= 4 is 17.2 Å². The van der Waals surface area contributed by atoms with E-state index in [1.54, 1.807) is 17.4 Å². The zero-order chi connectivity index (χ0) is 16.4. The summed E-state index contributed by atoms with van der Waals surface area (Å²) in [5.74, 6) is 0.000292. The molecule has 0 spiro atoms. The van der Waals surface area contributed by atoms with Gasteiger partial charge >= 0.3 is 0 Å². The summed E-state index contributed by atoms with van der Waals surface area (Å²) >= 11 is 1.78. The molecule has 0 fully saturated rings. The number of pyridine rings is 1. The number of nitrogens with zero attached hydrogens (tertiary/aromatic N) is 1. The predicted octanol–water partition coefficient (Wildman–Crippen LogP) is 1.58. The molecule has 1 atom stereocenters. The molecule has 1 radical (unpaired) electrons. The maximum absolute atomic E-state index is 12.2. The molecule has 0 aliphatic heterocycles. The molecule has 0 saturated carbocycles. The van der Waals surface area contributed by atoms with E-state index in [1.807, 2.05) is 6.07 Å². The number of aromatic nitrogens is 1. The molecule has 2 aromatic rings. The third kappa shape index (κ3) is 4.88. The number of hydrogen-bond acceptors (Lipinski definition) is 4. The van der Waals surface area contributed by atoms with Crippen molar-refractivity contribution in [2.75, 3.05) is 7.11 Å². The first-order chi connectivity index (χ1) is 11.1. The Hall–Kier alpha value is -1.35. The van der Waals surface area contributed by atoms with Gasteiger partial charge in [-0.3, -0.25) is 10.9 Å². The number of ether oxygens (including phenoxy) is 1. The normalized spacial score (nSPS) is 12.5. The Morgan fingerprint density at radius 2 is 2.15 bits per heavy atom. The molecule has 1 amide bonds. The van der Waals surface area contributed by atoms with Gasteiger partial charge in [0.15, 0.2) is 0 Å². The summed E-state index contributed by atoms with van der Waals surface area (Å²) in [6, 6.07) is 3.13. The van der Waals surface area contributed by atoms with E-state index in [4.69, 9.17) is 11.3 Å². The first-order valence-electron chi connectivity index (χ1n) is 7.47. The first kappa shape index (κ1) is 24.7. The van der Waals surface area contributed by atoms with Crippen LogP contribution in [-0.4, -0.2) is 35.0 Å². The molecule has 3 rings (SSSR count). The van der Waals surface area contributed by atoms with Crippen molar-refractivity contribution in [2.24, 2.45) is 0 Å². The van der Waals surface area contributed by atoms with Gasteiger partial charge in [-0.2, -0.15) is 0 Å². The number of thiophene rings is 1. The first-order valence-corrected chi connectivity index (χ1v) is 8.35. The maximum Gasteiger partial charge on any atom is 0.254 e. The predicted molar refractivity (Wildman–Crippen MR) is 98.8 cm³/mol. The van der Waals surface area contributed by atoms with E-state index in [9.17, 15) is 4.79 Å². The van der Waals surface area contributed by atoms with Crippen molar-refractivity contribution in [3.8, 4) is 17.1 Å². The molecule has 1 aliphatic rings. The fourth-order valence-corrected chi connectivity index (χ4v) is 3.90. The molecular weight excluding hydrogens is 385 g/mol. The Morgan fingerprint density at radius 3 is 2.81 bits per heavy atom. The molecule has 8 heteroatoms. The Balaban J connectivity index is 0.00000208. The van der Waals surface area contributed by atoms with E-state index in [0.717, 1.165) is 24.1 Å². The minimum Gasteiger partial charge on any atom is -0.519 e. The number of methoxy groups -OCH3 is 1. The summed E-state index contributed by atoms with van der Waals surface area (Å²) in [5, 5.41) is 4.81. The van der Waals surface area contributed by atoms with Crippen LogP contribution in [0.3, 0.4) is 0 Å². The second-order valence-electron chi connectivity index (χ2n) is 5.43. The Bertz CT molecular complexity index is 764. The molecule has 26 heavy (non-hydrogen) atoms. The largest absolute Gasteiger partial charge is 0.519 e. The topological polar surface area (TPSA) is 114 Å². The van der Waals surface area contributed by atoms with Gasteiger partial charge in [0, 0.05) is 41.7 Å². The second-order valence-corrected chi connectivity index (χ2v) is 6.39. The average Bonchev–Trinajstić information content (AvgIpc) is 3.17. The number of amides is 1. The van der Waals surface area contributed by atoms with E-state index in [-0.39, 0.29) is 42.7 Å². The molecule has 6 nitrogen and oxygen atoms in total. The molecule has 5 N–H and O–H groups in total. The van der Waals surface area contributed by atoms with Crippen molar-refractivity contribution in [2.45, 2.75) is 25.3 Å². The van der Waals surface area contributed by atoms with Crippen LogP contribution in [0.15, 0.2) is 23.6 Å². The molecule has 139 valence electrons. The molecule has 1 aliphatic carbocycles. The van der Waals surface area contributed by atoms with Crippen LogP contribution in [0.2, 0.25) is 0 Å². The van der Waals surface area contributed by atoms with Gasteiger partial charge in [0.1, 0.15) is 5.56 Å². The summed E-state index contributed by atoms with van der Waals surface area (Å²) in [5.41, 5.74) is 3.75. The van der Waals surface area contributed by atoms with Crippen LogP contribution in [0.4, 0.5) is 0 Å². The van der Waals surface area contributed by atoms with Crippen LogP contribution in [0, 0.1) is 13.5 Å². The zero-order valence-electron chi connectivity index (χ0n) is 14.5. The Kier molecular flexibility index (Phi) is 10.2. The molecule has 0 saturated heterocycles. The monoisotopic (exact) mass is 407 g/mol. The van der Waals surface area contributed by atoms with Gasteiger partial charge in [-0.15, -0.1) is 17.4 Å². The van der Waals surface area contributed by atoms with Crippen LogP contribution < -0.4 is 10.1 Å². The van der Waals surface area contributed by atoms with E-state index in [0.29, 0.717) is 11.4 Å². The summed E-state index contributed by atoms with van der Waals surface area (Å²) in [4.78, 5) is 18.2. The second kappa shape index (κ2) is 10.7. The molecule has 0 aromatic carbocycles.